The standard InChI is InChI=1S/C8H13NO3/c1-5(10)9-7-2-6(3-7)4-8(11)12/h6-7H,2-4H2,1H3,(H,9,10)(H,11,12)/t6-,7-. The Labute approximate surface area is 71.0 Å². The monoisotopic (exact) mass is 171 g/mol. The van der Waals surface area contributed by atoms with Crippen LogP contribution in [-0.4, -0.2) is 23.0 Å². The third kappa shape index (κ3) is 2.53. The second-order valence-electron chi connectivity index (χ2n) is 3.33. The number of amides is 1. The van der Waals surface area contributed by atoms with Crippen molar-refractivity contribution < 1.29 is 14.7 Å². The fourth-order valence-corrected chi connectivity index (χ4v) is 1.55. The van der Waals surface area contributed by atoms with Crippen LogP contribution in [0.25, 0.3) is 0 Å². The molecule has 4 nitrogen and oxygen atoms in total. The van der Waals surface area contributed by atoms with Gasteiger partial charge in [0.15, 0.2) is 0 Å². The maximum atomic E-state index is 10.5. The number of carbonyl (C=O) groups is 2. The first-order chi connectivity index (χ1) is 5.58. The van der Waals surface area contributed by atoms with E-state index in [2.05, 4.69) is 5.32 Å². The summed E-state index contributed by atoms with van der Waals surface area (Å²) in [5.74, 6) is -0.519. The summed E-state index contributed by atoms with van der Waals surface area (Å²) < 4.78 is 0. The molecule has 0 spiro atoms. The molecule has 1 amide bonds. The van der Waals surface area contributed by atoms with Gasteiger partial charge in [0.2, 0.25) is 5.91 Å². The van der Waals surface area contributed by atoms with Crippen molar-refractivity contribution >= 4 is 11.9 Å². The smallest absolute Gasteiger partial charge is 0.303 e. The lowest BCUT2D eigenvalue weighted by molar-refractivity contribution is -0.138. The number of carboxylic acids is 1. The Balaban J connectivity index is 2.11. The van der Waals surface area contributed by atoms with Gasteiger partial charge in [0, 0.05) is 19.4 Å². The lowest BCUT2D eigenvalue weighted by atomic mass is 9.78. The molecule has 12 heavy (non-hydrogen) atoms. The molecule has 0 bridgehead atoms. The van der Waals surface area contributed by atoms with Crippen molar-refractivity contribution in [3.63, 3.8) is 0 Å². The minimum atomic E-state index is -0.749. The fraction of sp³-hybridized carbons (Fsp3) is 0.750. The van der Waals surface area contributed by atoms with Crippen molar-refractivity contribution in [2.45, 2.75) is 32.2 Å². The van der Waals surface area contributed by atoms with Gasteiger partial charge >= 0.3 is 5.97 Å². The molecule has 0 unspecified atom stereocenters. The van der Waals surface area contributed by atoms with Gasteiger partial charge in [-0.2, -0.15) is 0 Å². The molecule has 0 aliphatic heterocycles. The van der Waals surface area contributed by atoms with Crippen LogP contribution >= 0.6 is 0 Å². The Kier molecular flexibility index (Phi) is 2.68. The van der Waals surface area contributed by atoms with Crippen LogP contribution in [0, 0.1) is 5.92 Å². The Bertz CT molecular complexity index is 176. The van der Waals surface area contributed by atoms with Crippen LogP contribution in [0.15, 0.2) is 0 Å². The van der Waals surface area contributed by atoms with E-state index in [9.17, 15) is 9.59 Å². The molecule has 1 aliphatic rings. The van der Waals surface area contributed by atoms with E-state index in [0.717, 1.165) is 12.8 Å². The summed E-state index contributed by atoms with van der Waals surface area (Å²) in [6.07, 6.45) is 1.86. The number of carboxylic acid groups (broad SMARTS) is 1. The van der Waals surface area contributed by atoms with E-state index in [1.165, 1.54) is 6.92 Å². The summed E-state index contributed by atoms with van der Waals surface area (Å²) in [4.78, 5) is 20.8. The highest BCUT2D eigenvalue weighted by atomic mass is 16.4. The summed E-state index contributed by atoms with van der Waals surface area (Å²) in [7, 11) is 0. The first-order valence-corrected chi connectivity index (χ1v) is 4.07. The molecule has 0 aromatic rings. The predicted octanol–water partition coefficient (Wildman–Crippen LogP) is 0.376. The van der Waals surface area contributed by atoms with Gasteiger partial charge in [-0.1, -0.05) is 0 Å². The maximum absolute atomic E-state index is 10.5. The third-order valence-electron chi connectivity index (χ3n) is 2.11. The zero-order valence-electron chi connectivity index (χ0n) is 7.04. The SMILES string of the molecule is CC(=O)N[C@H]1C[C@H](CC(=O)O)C1. The molecule has 0 radical (unpaired) electrons. The summed E-state index contributed by atoms with van der Waals surface area (Å²) in [6, 6.07) is 0.215. The molecular weight excluding hydrogens is 158 g/mol. The molecule has 0 aromatic carbocycles. The number of aliphatic carboxylic acids is 1. The predicted molar refractivity (Wildman–Crippen MR) is 42.6 cm³/mol. The number of nitrogens with one attached hydrogen (secondary N) is 1. The molecule has 0 aromatic heterocycles. The zero-order chi connectivity index (χ0) is 9.14. The van der Waals surface area contributed by atoms with Crippen LogP contribution in [0.4, 0.5) is 0 Å². The lowest BCUT2D eigenvalue weighted by Gasteiger charge is -2.34. The Morgan fingerprint density at radius 2 is 2.08 bits per heavy atom. The Morgan fingerprint density at radius 3 is 2.50 bits per heavy atom. The average molecular weight is 171 g/mol. The van der Waals surface area contributed by atoms with Crippen molar-refractivity contribution in [1.29, 1.82) is 0 Å². The Morgan fingerprint density at radius 1 is 1.50 bits per heavy atom. The van der Waals surface area contributed by atoms with Gasteiger partial charge in [0.1, 0.15) is 0 Å². The molecule has 0 atom stereocenters. The van der Waals surface area contributed by atoms with Crippen LogP contribution in [0.5, 0.6) is 0 Å². The summed E-state index contributed by atoms with van der Waals surface area (Å²) in [6.45, 7) is 1.48. The highest BCUT2D eigenvalue weighted by Gasteiger charge is 2.30. The van der Waals surface area contributed by atoms with Gasteiger partial charge in [-0.25, -0.2) is 0 Å². The first-order valence-electron chi connectivity index (χ1n) is 4.07. The molecule has 0 heterocycles. The zero-order valence-corrected chi connectivity index (χ0v) is 7.04. The van der Waals surface area contributed by atoms with Crippen molar-refractivity contribution in [2.24, 2.45) is 5.92 Å². The second-order valence-corrected chi connectivity index (χ2v) is 3.33. The van der Waals surface area contributed by atoms with Crippen LogP contribution in [0.2, 0.25) is 0 Å². The van der Waals surface area contributed by atoms with Crippen molar-refractivity contribution in [1.82, 2.24) is 5.32 Å². The number of rotatable bonds is 3. The summed E-state index contributed by atoms with van der Waals surface area (Å²) in [5, 5.41) is 11.2. The Hall–Kier alpha value is -1.06. The lowest BCUT2D eigenvalue weighted by Crippen LogP contribution is -2.43. The topological polar surface area (TPSA) is 66.4 Å². The van der Waals surface area contributed by atoms with Crippen molar-refractivity contribution in [2.75, 3.05) is 0 Å². The summed E-state index contributed by atoms with van der Waals surface area (Å²) >= 11 is 0. The van der Waals surface area contributed by atoms with E-state index in [1.807, 2.05) is 0 Å². The first kappa shape index (κ1) is 9.03. The average Bonchev–Trinajstić information content (AvgIpc) is 1.80. The van der Waals surface area contributed by atoms with Gasteiger partial charge in [-0.3, -0.25) is 9.59 Å². The number of carbonyl (C=O) groups excluding carboxylic acids is 1. The van der Waals surface area contributed by atoms with Crippen LogP contribution in [0.1, 0.15) is 26.2 Å². The number of hydrogen-bond donors (Lipinski definition) is 2. The van der Waals surface area contributed by atoms with E-state index in [0.29, 0.717) is 0 Å². The van der Waals surface area contributed by atoms with Gasteiger partial charge in [0.05, 0.1) is 0 Å². The van der Waals surface area contributed by atoms with E-state index < -0.39 is 5.97 Å². The van der Waals surface area contributed by atoms with E-state index in [4.69, 9.17) is 5.11 Å². The molecule has 2 N–H and O–H groups in total. The maximum Gasteiger partial charge on any atom is 0.303 e. The second kappa shape index (κ2) is 3.56. The minimum Gasteiger partial charge on any atom is -0.481 e. The highest BCUT2D eigenvalue weighted by molar-refractivity contribution is 5.73. The van der Waals surface area contributed by atoms with Crippen molar-refractivity contribution in [3.05, 3.63) is 0 Å². The van der Waals surface area contributed by atoms with Gasteiger partial charge in [-0.15, -0.1) is 0 Å². The quantitative estimate of drug-likeness (QED) is 0.645. The van der Waals surface area contributed by atoms with Crippen LogP contribution in [-0.2, 0) is 9.59 Å². The van der Waals surface area contributed by atoms with E-state index in [1.54, 1.807) is 0 Å². The van der Waals surface area contributed by atoms with Gasteiger partial charge in [-0.05, 0) is 18.8 Å². The van der Waals surface area contributed by atoms with Gasteiger partial charge in [0.25, 0.3) is 0 Å². The molecular formula is C8H13NO3. The van der Waals surface area contributed by atoms with Gasteiger partial charge < -0.3 is 10.4 Å². The fourth-order valence-electron chi connectivity index (χ4n) is 1.55. The number of hydrogen-bond acceptors (Lipinski definition) is 2. The van der Waals surface area contributed by atoms with Crippen molar-refractivity contribution in [3.8, 4) is 0 Å². The molecule has 1 fully saturated rings. The highest BCUT2D eigenvalue weighted by Crippen LogP contribution is 2.29. The molecule has 0 saturated heterocycles. The van der Waals surface area contributed by atoms with Crippen LogP contribution in [0.3, 0.4) is 0 Å². The molecule has 4 heteroatoms. The molecule has 68 valence electrons. The normalized spacial score (nSPS) is 27.4. The van der Waals surface area contributed by atoms with Crippen LogP contribution < -0.4 is 5.32 Å². The summed E-state index contributed by atoms with van der Waals surface area (Å²) in [5.41, 5.74) is 0. The van der Waals surface area contributed by atoms with E-state index >= 15 is 0 Å². The molecule has 1 saturated carbocycles. The molecule has 1 rings (SSSR count). The molecule has 1 aliphatic carbocycles. The minimum absolute atomic E-state index is 0.0335. The van der Waals surface area contributed by atoms with E-state index in [-0.39, 0.29) is 24.3 Å². The third-order valence-corrected chi connectivity index (χ3v) is 2.11. The largest absolute Gasteiger partial charge is 0.481 e.